The van der Waals surface area contributed by atoms with Crippen LogP contribution in [-0.2, 0) is 36.0 Å². The van der Waals surface area contributed by atoms with E-state index in [4.69, 9.17) is 0 Å². The predicted molar refractivity (Wildman–Crippen MR) is 52.9 cm³/mol. The molecule has 13 heteroatoms. The molecule has 0 aromatic rings. The minimum absolute atomic E-state index is 0. The SMILES string of the molecule is O=C([O-])CN(CCN(CC(=O)[O-])CC(=O)[O-])CC(=O)[O-].[Co+2].[K+].[K+]. The van der Waals surface area contributed by atoms with Crippen molar-refractivity contribution in [3.63, 3.8) is 0 Å². The number of aliphatic carboxylic acids is 4. The van der Waals surface area contributed by atoms with E-state index >= 15 is 0 Å². The van der Waals surface area contributed by atoms with Crippen molar-refractivity contribution in [3.8, 4) is 0 Å². The minimum Gasteiger partial charge on any atom is -0.549 e. The smallest absolute Gasteiger partial charge is 0.549 e. The molecule has 0 saturated heterocycles. The zero-order valence-electron chi connectivity index (χ0n) is 12.7. The average Bonchev–Trinajstić information content (AvgIpc) is 2.22. The van der Waals surface area contributed by atoms with E-state index in [-0.39, 0.29) is 133 Å². The Hall–Kier alpha value is 1.58. The first-order valence-electron chi connectivity index (χ1n) is 5.44. The monoisotopic (exact) mass is 425 g/mol. The second kappa shape index (κ2) is 18.4. The van der Waals surface area contributed by atoms with Crippen molar-refractivity contribution in [1.82, 2.24) is 9.80 Å². The zero-order chi connectivity index (χ0) is 15.7. The van der Waals surface area contributed by atoms with Gasteiger partial charge in [0.25, 0.3) is 0 Å². The second-order valence-electron chi connectivity index (χ2n) is 3.91. The number of carboxylic acid groups (broad SMARTS) is 4. The van der Waals surface area contributed by atoms with Gasteiger partial charge in [0.1, 0.15) is 0 Å². The fourth-order valence-electron chi connectivity index (χ4n) is 1.44. The van der Waals surface area contributed by atoms with Gasteiger partial charge < -0.3 is 39.6 Å². The van der Waals surface area contributed by atoms with Gasteiger partial charge in [0.2, 0.25) is 0 Å². The molecule has 0 aliphatic heterocycles. The van der Waals surface area contributed by atoms with Crippen LogP contribution in [0.4, 0.5) is 0 Å². The third-order valence-corrected chi connectivity index (χ3v) is 2.14. The molecule has 0 spiro atoms. The molecule has 0 amide bonds. The van der Waals surface area contributed by atoms with Crippen molar-refractivity contribution in [1.29, 1.82) is 0 Å². The largest absolute Gasteiger partial charge is 2.00 e. The van der Waals surface area contributed by atoms with Gasteiger partial charge in [0, 0.05) is 39.3 Å². The molecule has 10 nitrogen and oxygen atoms in total. The molecule has 23 heavy (non-hydrogen) atoms. The van der Waals surface area contributed by atoms with Gasteiger partial charge >= 0.3 is 120 Å². The standard InChI is InChI=1S/C10H16N2O8.Co.2K/c13-7(14)3-11(4-8(15)16)1-2-12(5-9(17)18)6-10(19)20;;;/h1-6H2,(H,13,14)(H,15,16)(H,17,18)(H,19,20);;;/q;+2;2*+1/p-4. The summed E-state index contributed by atoms with van der Waals surface area (Å²) in [6.07, 6.45) is 0. The Morgan fingerprint density at radius 2 is 0.739 bits per heavy atom. The molecular formula is C10H12CoK2N2O8. The van der Waals surface area contributed by atoms with Crippen LogP contribution in [0.15, 0.2) is 0 Å². The molecule has 0 aromatic carbocycles. The van der Waals surface area contributed by atoms with Gasteiger partial charge in [-0.15, -0.1) is 0 Å². The van der Waals surface area contributed by atoms with Gasteiger partial charge in [-0.1, -0.05) is 0 Å². The number of nitrogens with zero attached hydrogens (tertiary/aromatic N) is 2. The molecule has 0 aliphatic rings. The molecule has 0 heterocycles. The van der Waals surface area contributed by atoms with Crippen LogP contribution in [0.3, 0.4) is 0 Å². The van der Waals surface area contributed by atoms with Gasteiger partial charge in [-0.3, -0.25) is 9.80 Å². The van der Waals surface area contributed by atoms with Gasteiger partial charge in [-0.2, -0.15) is 0 Å². The summed E-state index contributed by atoms with van der Waals surface area (Å²) in [5, 5.41) is 41.6. The fraction of sp³-hybridized carbons (Fsp3) is 0.600. The van der Waals surface area contributed by atoms with Crippen LogP contribution in [0.2, 0.25) is 0 Å². The second-order valence-corrected chi connectivity index (χ2v) is 3.91. The first-order chi connectivity index (χ1) is 9.20. The van der Waals surface area contributed by atoms with Gasteiger partial charge in [-0.05, 0) is 0 Å². The van der Waals surface area contributed by atoms with E-state index in [1.54, 1.807) is 0 Å². The van der Waals surface area contributed by atoms with Crippen LogP contribution < -0.4 is 123 Å². The Morgan fingerprint density at radius 1 is 0.565 bits per heavy atom. The van der Waals surface area contributed by atoms with Crippen LogP contribution in [-0.4, -0.2) is 72.9 Å². The number of hydrogen-bond acceptors (Lipinski definition) is 10. The normalized spacial score (nSPS) is 9.30. The summed E-state index contributed by atoms with van der Waals surface area (Å²) in [4.78, 5) is 43.4. The number of carbonyl (C=O) groups is 4. The fourth-order valence-corrected chi connectivity index (χ4v) is 1.44. The third-order valence-electron chi connectivity index (χ3n) is 2.14. The Kier molecular flexibility index (Phi) is 25.8. The zero-order valence-corrected chi connectivity index (χ0v) is 20.0. The predicted octanol–water partition coefficient (Wildman–Crippen LogP) is -13.4. The van der Waals surface area contributed by atoms with E-state index in [1.807, 2.05) is 0 Å². The van der Waals surface area contributed by atoms with E-state index in [0.717, 1.165) is 9.80 Å². The van der Waals surface area contributed by atoms with E-state index in [0.29, 0.717) is 0 Å². The van der Waals surface area contributed by atoms with E-state index in [9.17, 15) is 39.6 Å². The molecule has 0 unspecified atom stereocenters. The van der Waals surface area contributed by atoms with E-state index in [2.05, 4.69) is 0 Å². The number of carboxylic acids is 4. The van der Waals surface area contributed by atoms with E-state index in [1.165, 1.54) is 0 Å². The summed E-state index contributed by atoms with van der Waals surface area (Å²) in [6, 6.07) is 0. The minimum atomic E-state index is -1.53. The Bertz CT molecular complexity index is 331. The summed E-state index contributed by atoms with van der Waals surface area (Å²) < 4.78 is 0. The van der Waals surface area contributed by atoms with Gasteiger partial charge in [0.05, 0.1) is 23.9 Å². The molecule has 0 saturated carbocycles. The number of carbonyl (C=O) groups excluding carboxylic acids is 4. The van der Waals surface area contributed by atoms with Gasteiger partial charge in [0.15, 0.2) is 0 Å². The summed E-state index contributed by atoms with van der Waals surface area (Å²) in [7, 11) is 0. The average molecular weight is 425 g/mol. The van der Waals surface area contributed by atoms with Crippen molar-refractivity contribution >= 4 is 23.9 Å². The molecule has 0 aromatic heterocycles. The molecule has 1 radical (unpaired) electrons. The Labute approximate surface area is 228 Å². The third kappa shape index (κ3) is 21.5. The summed E-state index contributed by atoms with van der Waals surface area (Å²) in [6.45, 7) is -3.25. The maximum atomic E-state index is 10.4. The summed E-state index contributed by atoms with van der Waals surface area (Å²) in [5.41, 5.74) is 0. The molecule has 121 valence electrons. The van der Waals surface area contributed by atoms with Crippen LogP contribution in [0.1, 0.15) is 0 Å². The molecular weight excluding hydrogens is 413 g/mol. The first-order valence-corrected chi connectivity index (χ1v) is 5.44. The maximum Gasteiger partial charge on any atom is 2.00 e. The molecule has 0 N–H and O–H groups in total. The van der Waals surface area contributed by atoms with Crippen LogP contribution in [0, 0.1) is 0 Å². The van der Waals surface area contributed by atoms with E-state index < -0.39 is 50.1 Å². The van der Waals surface area contributed by atoms with Gasteiger partial charge in [-0.25, -0.2) is 0 Å². The number of rotatable bonds is 11. The van der Waals surface area contributed by atoms with Crippen LogP contribution >= 0.6 is 0 Å². The number of hydrogen-bond donors (Lipinski definition) is 0. The quantitative estimate of drug-likeness (QED) is 0.290. The summed E-state index contributed by atoms with van der Waals surface area (Å²) in [5.74, 6) is -6.12. The topological polar surface area (TPSA) is 167 Å². The Morgan fingerprint density at radius 3 is 0.870 bits per heavy atom. The van der Waals surface area contributed by atoms with Crippen molar-refractivity contribution in [2.24, 2.45) is 0 Å². The van der Waals surface area contributed by atoms with Crippen molar-refractivity contribution < 1.29 is 159 Å². The summed E-state index contributed by atoms with van der Waals surface area (Å²) >= 11 is 0. The maximum absolute atomic E-state index is 10.4. The van der Waals surface area contributed by atoms with Crippen molar-refractivity contribution in [2.75, 3.05) is 39.3 Å². The first kappa shape index (κ1) is 32.3. The molecule has 0 rings (SSSR count). The van der Waals surface area contributed by atoms with Crippen molar-refractivity contribution in [3.05, 3.63) is 0 Å². The molecule has 0 fully saturated rings. The molecule has 0 atom stereocenters. The van der Waals surface area contributed by atoms with Crippen LogP contribution in [0.5, 0.6) is 0 Å². The van der Waals surface area contributed by atoms with Crippen LogP contribution in [0.25, 0.3) is 0 Å². The van der Waals surface area contributed by atoms with Crippen molar-refractivity contribution in [2.45, 2.75) is 0 Å². The molecule has 0 aliphatic carbocycles. The molecule has 0 bridgehead atoms. The Balaban J connectivity index is -0.000000602.